The SMILES string of the molecule is COCOc1ccc2c(c1OC)-c1ccc3c(c1/C(=C/c1sccc1C=O)O2)C(C)=CC(C)(C)N3. The van der Waals surface area contributed by atoms with E-state index in [2.05, 4.69) is 44.3 Å². The van der Waals surface area contributed by atoms with Gasteiger partial charge in [-0.2, -0.15) is 0 Å². The molecule has 0 radical (unpaired) electrons. The normalized spacial score (nSPS) is 16.3. The van der Waals surface area contributed by atoms with Gasteiger partial charge in [0, 0.05) is 39.9 Å². The van der Waals surface area contributed by atoms with Crippen molar-refractivity contribution in [2.45, 2.75) is 26.3 Å². The maximum absolute atomic E-state index is 11.6. The first-order valence-corrected chi connectivity index (χ1v) is 12.2. The summed E-state index contributed by atoms with van der Waals surface area (Å²) >= 11 is 1.50. The Labute approximate surface area is 208 Å². The maximum Gasteiger partial charge on any atom is 0.188 e. The zero-order chi connectivity index (χ0) is 24.7. The monoisotopic (exact) mass is 489 g/mol. The summed E-state index contributed by atoms with van der Waals surface area (Å²) in [6.45, 7) is 6.51. The van der Waals surface area contributed by atoms with Crippen molar-refractivity contribution in [3.8, 4) is 28.4 Å². The minimum atomic E-state index is -0.181. The van der Waals surface area contributed by atoms with E-state index in [4.69, 9.17) is 18.9 Å². The summed E-state index contributed by atoms with van der Waals surface area (Å²) in [6.07, 6.45) is 5.05. The minimum absolute atomic E-state index is 0.103. The van der Waals surface area contributed by atoms with E-state index in [1.807, 2.05) is 29.7 Å². The molecule has 0 saturated heterocycles. The molecular weight excluding hydrogens is 462 g/mol. The lowest BCUT2D eigenvalue weighted by Gasteiger charge is -2.35. The van der Waals surface area contributed by atoms with Crippen molar-refractivity contribution in [3.63, 3.8) is 0 Å². The van der Waals surface area contributed by atoms with Crippen molar-refractivity contribution in [1.82, 2.24) is 0 Å². The quantitative estimate of drug-likeness (QED) is 0.306. The number of ether oxygens (including phenoxy) is 4. The number of thiophene rings is 1. The highest BCUT2D eigenvalue weighted by Crippen LogP contribution is 2.54. The van der Waals surface area contributed by atoms with Crippen LogP contribution < -0.4 is 19.5 Å². The fraction of sp³-hybridized carbons (Fsp3) is 0.250. The molecule has 0 bridgehead atoms. The average Bonchev–Trinajstić information content (AvgIpc) is 3.28. The Bertz CT molecular complexity index is 1380. The van der Waals surface area contributed by atoms with Gasteiger partial charge in [0.25, 0.3) is 0 Å². The molecular formula is C28H27NO5S. The molecule has 0 aliphatic carbocycles. The minimum Gasteiger partial charge on any atom is -0.492 e. The summed E-state index contributed by atoms with van der Waals surface area (Å²) in [5.74, 6) is 2.48. The number of aldehydes is 1. The average molecular weight is 490 g/mol. The van der Waals surface area contributed by atoms with Gasteiger partial charge >= 0.3 is 0 Å². The highest BCUT2D eigenvalue weighted by molar-refractivity contribution is 7.11. The van der Waals surface area contributed by atoms with Crippen molar-refractivity contribution >= 4 is 40.7 Å². The van der Waals surface area contributed by atoms with Gasteiger partial charge in [0.1, 0.15) is 11.5 Å². The Morgan fingerprint density at radius 3 is 2.66 bits per heavy atom. The molecule has 3 aromatic rings. The summed E-state index contributed by atoms with van der Waals surface area (Å²) < 4.78 is 23.2. The second-order valence-corrected chi connectivity index (χ2v) is 10.0. The standard InChI is InChI=1S/C28H27NO5S/c1-16-13-28(2,3)29-19-7-6-18-25(24(16)19)22(12-23-17(14-30)10-11-35-23)34-20-8-9-21(33-15-31-4)27(32-5)26(18)20/h6-14,29H,15H2,1-5H3/b22-12-. The number of benzene rings is 2. The highest BCUT2D eigenvalue weighted by atomic mass is 32.1. The molecule has 1 N–H and O–H groups in total. The lowest BCUT2D eigenvalue weighted by molar-refractivity contribution is 0.0492. The number of allylic oxidation sites excluding steroid dienone is 1. The smallest absolute Gasteiger partial charge is 0.188 e. The number of rotatable bonds is 6. The summed E-state index contributed by atoms with van der Waals surface area (Å²) in [6, 6.07) is 9.69. The molecule has 3 heterocycles. The molecule has 35 heavy (non-hydrogen) atoms. The van der Waals surface area contributed by atoms with Gasteiger partial charge < -0.3 is 24.3 Å². The molecule has 2 aliphatic rings. The molecule has 7 heteroatoms. The summed E-state index contributed by atoms with van der Waals surface area (Å²) in [7, 11) is 3.20. The van der Waals surface area contributed by atoms with Gasteiger partial charge in [-0.3, -0.25) is 4.79 Å². The summed E-state index contributed by atoms with van der Waals surface area (Å²) in [4.78, 5) is 12.5. The third-order valence-corrected chi connectivity index (χ3v) is 6.99. The van der Waals surface area contributed by atoms with Crippen LogP contribution in [0, 0.1) is 0 Å². The Morgan fingerprint density at radius 2 is 1.91 bits per heavy atom. The van der Waals surface area contributed by atoms with Crippen LogP contribution in [0.25, 0.3) is 28.5 Å². The van der Waals surface area contributed by atoms with Gasteiger partial charge in [0.2, 0.25) is 0 Å². The number of methoxy groups -OCH3 is 2. The molecule has 0 saturated carbocycles. The van der Waals surface area contributed by atoms with Crippen LogP contribution in [0.2, 0.25) is 0 Å². The third kappa shape index (κ3) is 4.00. The first kappa shape index (κ1) is 23.2. The fourth-order valence-electron chi connectivity index (χ4n) is 4.84. The Morgan fingerprint density at radius 1 is 1.09 bits per heavy atom. The topological polar surface area (TPSA) is 66.0 Å². The van der Waals surface area contributed by atoms with Crippen molar-refractivity contribution < 1.29 is 23.7 Å². The first-order valence-electron chi connectivity index (χ1n) is 11.3. The molecule has 0 unspecified atom stereocenters. The van der Waals surface area contributed by atoms with Crippen LogP contribution in [0.3, 0.4) is 0 Å². The van der Waals surface area contributed by atoms with Gasteiger partial charge in [-0.05, 0) is 62.1 Å². The Hall–Kier alpha value is -3.55. The van der Waals surface area contributed by atoms with Gasteiger partial charge in [-0.25, -0.2) is 0 Å². The number of fused-ring (bicyclic) bond motifs is 5. The molecule has 5 rings (SSSR count). The molecule has 180 valence electrons. The molecule has 0 amide bonds. The van der Waals surface area contributed by atoms with Crippen LogP contribution in [0.1, 0.15) is 47.1 Å². The van der Waals surface area contributed by atoms with E-state index in [0.29, 0.717) is 28.6 Å². The molecule has 0 fully saturated rings. The zero-order valence-corrected chi connectivity index (χ0v) is 21.2. The van der Waals surface area contributed by atoms with Gasteiger partial charge in [0.05, 0.1) is 18.2 Å². The van der Waals surface area contributed by atoms with E-state index in [1.165, 1.54) is 11.3 Å². The van der Waals surface area contributed by atoms with E-state index >= 15 is 0 Å². The molecule has 0 spiro atoms. The molecule has 1 aromatic heterocycles. The lowest BCUT2D eigenvalue weighted by atomic mass is 9.83. The number of nitrogens with one attached hydrogen (secondary N) is 1. The number of anilines is 1. The first-order chi connectivity index (χ1) is 16.9. The lowest BCUT2D eigenvalue weighted by Crippen LogP contribution is -2.32. The van der Waals surface area contributed by atoms with E-state index in [-0.39, 0.29) is 12.3 Å². The number of hydrogen-bond acceptors (Lipinski definition) is 7. The highest BCUT2D eigenvalue weighted by Gasteiger charge is 2.33. The largest absolute Gasteiger partial charge is 0.492 e. The third-order valence-electron chi connectivity index (χ3n) is 6.11. The van der Waals surface area contributed by atoms with Crippen LogP contribution in [-0.2, 0) is 4.74 Å². The fourth-order valence-corrected chi connectivity index (χ4v) is 5.63. The predicted octanol–water partition coefficient (Wildman–Crippen LogP) is 6.72. The number of hydrogen-bond donors (Lipinski definition) is 1. The Kier molecular flexibility index (Phi) is 5.91. The number of carbonyl (C=O) groups is 1. The second-order valence-electron chi connectivity index (χ2n) is 9.07. The van der Waals surface area contributed by atoms with Crippen LogP contribution in [-0.4, -0.2) is 32.8 Å². The van der Waals surface area contributed by atoms with Crippen LogP contribution >= 0.6 is 11.3 Å². The second kappa shape index (κ2) is 8.91. The maximum atomic E-state index is 11.6. The van der Waals surface area contributed by atoms with E-state index < -0.39 is 0 Å². The van der Waals surface area contributed by atoms with Gasteiger partial charge in [-0.15, -0.1) is 11.3 Å². The molecule has 0 atom stereocenters. The molecule has 6 nitrogen and oxygen atoms in total. The van der Waals surface area contributed by atoms with Crippen molar-refractivity contribution in [2.75, 3.05) is 26.3 Å². The van der Waals surface area contributed by atoms with Crippen LogP contribution in [0.15, 0.2) is 41.8 Å². The molecule has 2 aliphatic heterocycles. The van der Waals surface area contributed by atoms with E-state index in [9.17, 15) is 4.79 Å². The van der Waals surface area contributed by atoms with Crippen molar-refractivity contribution in [2.24, 2.45) is 0 Å². The number of carbonyl (C=O) groups excluding carboxylic acids is 1. The summed E-state index contributed by atoms with van der Waals surface area (Å²) in [5, 5.41) is 5.53. The molecule has 2 aromatic carbocycles. The van der Waals surface area contributed by atoms with E-state index in [0.717, 1.165) is 44.7 Å². The Balaban J connectivity index is 1.80. The van der Waals surface area contributed by atoms with E-state index in [1.54, 1.807) is 14.2 Å². The van der Waals surface area contributed by atoms with Crippen LogP contribution in [0.5, 0.6) is 17.2 Å². The van der Waals surface area contributed by atoms with Crippen molar-refractivity contribution in [1.29, 1.82) is 0 Å². The summed E-state index contributed by atoms with van der Waals surface area (Å²) in [5.41, 5.74) is 6.42. The van der Waals surface area contributed by atoms with Gasteiger partial charge in [-0.1, -0.05) is 12.1 Å². The van der Waals surface area contributed by atoms with Crippen molar-refractivity contribution in [3.05, 3.63) is 63.4 Å². The predicted molar refractivity (Wildman–Crippen MR) is 140 cm³/mol. The van der Waals surface area contributed by atoms with Gasteiger partial charge in [0.15, 0.2) is 24.6 Å². The van der Waals surface area contributed by atoms with Crippen LogP contribution in [0.4, 0.5) is 5.69 Å². The zero-order valence-electron chi connectivity index (χ0n) is 20.4.